The van der Waals surface area contributed by atoms with Crippen molar-refractivity contribution in [1.82, 2.24) is 4.72 Å². The third kappa shape index (κ3) is 5.46. The Kier molecular flexibility index (Phi) is 5.93. The summed E-state index contributed by atoms with van der Waals surface area (Å²) >= 11 is 1.91. The number of rotatable bonds is 7. The van der Waals surface area contributed by atoms with Crippen LogP contribution in [0.3, 0.4) is 0 Å². The van der Waals surface area contributed by atoms with Crippen molar-refractivity contribution in [3.05, 3.63) is 35.4 Å². The molecule has 0 amide bonds. The highest BCUT2D eigenvalue weighted by molar-refractivity contribution is 8.00. The van der Waals surface area contributed by atoms with Crippen LogP contribution in [0.2, 0.25) is 0 Å². The molecule has 1 saturated carbocycles. The van der Waals surface area contributed by atoms with E-state index in [9.17, 15) is 8.42 Å². The van der Waals surface area contributed by atoms with E-state index in [2.05, 4.69) is 4.72 Å². The molecule has 2 rings (SSSR count). The molecule has 1 aliphatic rings. The summed E-state index contributed by atoms with van der Waals surface area (Å²) in [6.07, 6.45) is 5.25. The lowest BCUT2D eigenvalue weighted by atomic mass is 10.2. The minimum Gasteiger partial charge on any atom is -0.214 e. The van der Waals surface area contributed by atoms with Gasteiger partial charge in [0, 0.05) is 17.5 Å². The number of hydrogen-bond acceptors (Lipinski definition) is 3. The maximum atomic E-state index is 12.0. The fourth-order valence-electron chi connectivity index (χ4n) is 2.43. The van der Waals surface area contributed by atoms with Gasteiger partial charge in [0.2, 0.25) is 10.0 Å². The molecular formula is C15H23NO2S2. The first kappa shape index (κ1) is 15.9. The highest BCUT2D eigenvalue weighted by Gasteiger charge is 2.15. The number of thioether (sulfide) groups is 1. The predicted octanol–water partition coefficient (Wildman–Crippen LogP) is 3.09. The molecule has 20 heavy (non-hydrogen) atoms. The second kappa shape index (κ2) is 7.48. The van der Waals surface area contributed by atoms with Crippen LogP contribution in [0, 0.1) is 6.92 Å². The first-order chi connectivity index (χ1) is 9.55. The summed E-state index contributed by atoms with van der Waals surface area (Å²) in [5.74, 6) is 0.944. The fraction of sp³-hybridized carbons (Fsp3) is 0.600. The number of hydrogen-bond donors (Lipinski definition) is 1. The number of aryl methyl sites for hydroxylation is 1. The van der Waals surface area contributed by atoms with Gasteiger partial charge in [0.25, 0.3) is 0 Å². The van der Waals surface area contributed by atoms with Crippen LogP contribution < -0.4 is 4.72 Å². The molecule has 1 fully saturated rings. The molecule has 0 bridgehead atoms. The summed E-state index contributed by atoms with van der Waals surface area (Å²) in [6, 6.07) is 7.64. The molecule has 0 unspecified atom stereocenters. The van der Waals surface area contributed by atoms with Gasteiger partial charge in [-0.15, -0.1) is 0 Å². The average molecular weight is 313 g/mol. The predicted molar refractivity (Wildman–Crippen MR) is 86.5 cm³/mol. The van der Waals surface area contributed by atoms with Crippen molar-refractivity contribution in [2.75, 3.05) is 12.3 Å². The van der Waals surface area contributed by atoms with E-state index in [-0.39, 0.29) is 5.75 Å². The highest BCUT2D eigenvalue weighted by atomic mass is 32.2. The zero-order valence-electron chi connectivity index (χ0n) is 12.0. The molecule has 0 aliphatic heterocycles. The third-order valence-corrected chi connectivity index (χ3v) is 6.30. The van der Waals surface area contributed by atoms with Gasteiger partial charge in [-0.25, -0.2) is 13.1 Å². The molecule has 1 aromatic carbocycles. The maximum Gasteiger partial charge on any atom is 0.215 e. The van der Waals surface area contributed by atoms with E-state index in [1.807, 2.05) is 43.0 Å². The number of nitrogens with one attached hydrogen (secondary N) is 1. The molecule has 1 N–H and O–H groups in total. The van der Waals surface area contributed by atoms with E-state index in [0.717, 1.165) is 22.1 Å². The molecule has 0 radical (unpaired) electrons. The van der Waals surface area contributed by atoms with Gasteiger partial charge in [-0.3, -0.25) is 0 Å². The Balaban J connectivity index is 1.71. The van der Waals surface area contributed by atoms with Crippen LogP contribution >= 0.6 is 11.8 Å². The SMILES string of the molecule is Cc1ccc(CS(=O)(=O)NCCSC2CCCC2)cc1. The molecular weight excluding hydrogens is 290 g/mol. The lowest BCUT2D eigenvalue weighted by molar-refractivity contribution is 0.583. The summed E-state index contributed by atoms with van der Waals surface area (Å²) in [5.41, 5.74) is 1.98. The molecule has 0 spiro atoms. The van der Waals surface area contributed by atoms with Crippen LogP contribution in [0.5, 0.6) is 0 Å². The van der Waals surface area contributed by atoms with Crippen molar-refractivity contribution >= 4 is 21.8 Å². The molecule has 0 heterocycles. The summed E-state index contributed by atoms with van der Waals surface area (Å²) < 4.78 is 26.6. The Hall–Kier alpha value is -0.520. The minimum atomic E-state index is -3.21. The fourth-order valence-corrected chi connectivity index (χ4v) is 4.93. The Morgan fingerprint density at radius 1 is 1.20 bits per heavy atom. The van der Waals surface area contributed by atoms with Crippen molar-refractivity contribution < 1.29 is 8.42 Å². The minimum absolute atomic E-state index is 0.0708. The molecule has 112 valence electrons. The first-order valence-electron chi connectivity index (χ1n) is 7.20. The third-order valence-electron chi connectivity index (χ3n) is 3.56. The summed E-state index contributed by atoms with van der Waals surface area (Å²) in [6.45, 7) is 2.53. The van der Waals surface area contributed by atoms with Crippen molar-refractivity contribution in [3.63, 3.8) is 0 Å². The summed E-state index contributed by atoms with van der Waals surface area (Å²) in [7, 11) is -3.21. The van der Waals surface area contributed by atoms with Gasteiger partial charge in [-0.1, -0.05) is 42.7 Å². The van der Waals surface area contributed by atoms with Gasteiger partial charge in [0.1, 0.15) is 0 Å². The lowest BCUT2D eigenvalue weighted by Gasteiger charge is -2.10. The average Bonchev–Trinajstić information content (AvgIpc) is 2.90. The van der Waals surface area contributed by atoms with E-state index >= 15 is 0 Å². The van der Waals surface area contributed by atoms with Gasteiger partial charge in [0.15, 0.2) is 0 Å². The Labute approximate surface area is 126 Å². The first-order valence-corrected chi connectivity index (χ1v) is 9.90. The maximum absolute atomic E-state index is 12.0. The number of sulfonamides is 1. The van der Waals surface area contributed by atoms with E-state index in [4.69, 9.17) is 0 Å². The zero-order valence-corrected chi connectivity index (χ0v) is 13.6. The second-order valence-electron chi connectivity index (χ2n) is 5.42. The van der Waals surface area contributed by atoms with E-state index in [0.29, 0.717) is 6.54 Å². The molecule has 0 aromatic heterocycles. The smallest absolute Gasteiger partial charge is 0.214 e. The van der Waals surface area contributed by atoms with Crippen LogP contribution in [0.4, 0.5) is 0 Å². The van der Waals surface area contributed by atoms with Crippen LogP contribution in [-0.2, 0) is 15.8 Å². The largest absolute Gasteiger partial charge is 0.215 e. The van der Waals surface area contributed by atoms with Gasteiger partial charge in [-0.2, -0.15) is 11.8 Å². The monoisotopic (exact) mass is 313 g/mol. The Morgan fingerprint density at radius 3 is 2.50 bits per heavy atom. The van der Waals surface area contributed by atoms with Gasteiger partial charge in [0.05, 0.1) is 5.75 Å². The van der Waals surface area contributed by atoms with Crippen molar-refractivity contribution in [1.29, 1.82) is 0 Å². The quantitative estimate of drug-likeness (QED) is 0.787. The molecule has 5 heteroatoms. The van der Waals surface area contributed by atoms with Crippen molar-refractivity contribution in [2.24, 2.45) is 0 Å². The van der Waals surface area contributed by atoms with Gasteiger partial charge < -0.3 is 0 Å². The van der Waals surface area contributed by atoms with Gasteiger partial charge in [-0.05, 0) is 25.3 Å². The molecule has 1 aliphatic carbocycles. The highest BCUT2D eigenvalue weighted by Crippen LogP contribution is 2.28. The van der Waals surface area contributed by atoms with E-state index in [1.165, 1.54) is 25.7 Å². The lowest BCUT2D eigenvalue weighted by Crippen LogP contribution is -2.27. The molecule has 0 saturated heterocycles. The van der Waals surface area contributed by atoms with Gasteiger partial charge >= 0.3 is 0 Å². The normalized spacial score (nSPS) is 16.6. The van der Waals surface area contributed by atoms with E-state index < -0.39 is 10.0 Å². The standard InChI is InChI=1S/C15H23NO2S2/c1-13-6-8-14(9-7-13)12-20(17,18)16-10-11-19-15-4-2-3-5-15/h6-9,15-16H,2-5,10-12H2,1H3. The Morgan fingerprint density at radius 2 is 1.85 bits per heavy atom. The zero-order chi connectivity index (χ0) is 14.4. The molecule has 0 atom stereocenters. The van der Waals surface area contributed by atoms with Crippen molar-refractivity contribution in [3.8, 4) is 0 Å². The van der Waals surface area contributed by atoms with Crippen LogP contribution in [0.15, 0.2) is 24.3 Å². The second-order valence-corrected chi connectivity index (χ2v) is 8.63. The van der Waals surface area contributed by atoms with Crippen LogP contribution in [0.1, 0.15) is 36.8 Å². The molecule has 1 aromatic rings. The topological polar surface area (TPSA) is 46.2 Å². The van der Waals surface area contributed by atoms with E-state index in [1.54, 1.807) is 0 Å². The summed E-state index contributed by atoms with van der Waals surface area (Å²) in [5, 5.41) is 0.747. The Bertz CT molecular complexity index is 505. The number of benzene rings is 1. The summed E-state index contributed by atoms with van der Waals surface area (Å²) in [4.78, 5) is 0. The van der Waals surface area contributed by atoms with Crippen LogP contribution in [0.25, 0.3) is 0 Å². The van der Waals surface area contributed by atoms with Crippen molar-refractivity contribution in [2.45, 2.75) is 43.6 Å². The van der Waals surface area contributed by atoms with Crippen LogP contribution in [-0.4, -0.2) is 26.0 Å². The molecule has 3 nitrogen and oxygen atoms in total.